The minimum atomic E-state index is -0.278. The number of rotatable bonds is 23. The maximum Gasteiger partial charge on any atom is 0.0636 e. The summed E-state index contributed by atoms with van der Waals surface area (Å²) < 4.78 is 0. The highest BCUT2D eigenvalue weighted by molar-refractivity contribution is 5.44. The van der Waals surface area contributed by atoms with E-state index < -0.39 is 0 Å². The molecule has 0 aliphatic carbocycles. The van der Waals surface area contributed by atoms with Crippen molar-refractivity contribution in [2.45, 2.75) is 116 Å². The molecule has 1 aromatic carbocycles. The predicted molar refractivity (Wildman–Crippen MR) is 142 cm³/mol. The van der Waals surface area contributed by atoms with E-state index in [1.165, 1.54) is 101 Å². The van der Waals surface area contributed by atoms with Gasteiger partial charge in [-0.25, -0.2) is 0 Å². The van der Waals surface area contributed by atoms with E-state index >= 15 is 0 Å². The first-order valence-electron chi connectivity index (χ1n) is 13.6. The number of nitrogens with one attached hydrogen (secondary N) is 3. The van der Waals surface area contributed by atoms with Gasteiger partial charge in [0.2, 0.25) is 0 Å². The number of hydrogen-bond donors (Lipinski definition) is 4. The molecule has 1 atom stereocenters. The Labute approximate surface area is 199 Å². The SMILES string of the molecule is CCCCCCCCCCCCCCCCNc1ccc(CNCCNC[C@@H](C)O)cc1. The van der Waals surface area contributed by atoms with Gasteiger partial charge in [0, 0.05) is 38.4 Å². The summed E-state index contributed by atoms with van der Waals surface area (Å²) in [6.07, 6.45) is 19.5. The van der Waals surface area contributed by atoms with Gasteiger partial charge in [0.1, 0.15) is 0 Å². The summed E-state index contributed by atoms with van der Waals surface area (Å²) in [4.78, 5) is 0. The highest BCUT2D eigenvalue weighted by Gasteiger charge is 1.97. The van der Waals surface area contributed by atoms with Crippen LogP contribution in [0, 0.1) is 0 Å². The summed E-state index contributed by atoms with van der Waals surface area (Å²) in [7, 11) is 0. The second kappa shape index (κ2) is 21.7. The lowest BCUT2D eigenvalue weighted by atomic mass is 10.0. The summed E-state index contributed by atoms with van der Waals surface area (Å²) in [5.74, 6) is 0. The van der Waals surface area contributed by atoms with Gasteiger partial charge in [0.25, 0.3) is 0 Å². The molecule has 0 saturated heterocycles. The van der Waals surface area contributed by atoms with Crippen LogP contribution in [-0.4, -0.2) is 37.4 Å². The average molecular weight is 448 g/mol. The van der Waals surface area contributed by atoms with Gasteiger partial charge in [-0.1, -0.05) is 103 Å². The number of aliphatic hydroxyl groups excluding tert-OH is 1. The van der Waals surface area contributed by atoms with Gasteiger partial charge in [-0.2, -0.15) is 0 Å². The third-order valence-electron chi connectivity index (χ3n) is 6.06. The summed E-state index contributed by atoms with van der Waals surface area (Å²) in [6, 6.07) is 8.77. The van der Waals surface area contributed by atoms with Gasteiger partial charge in [-0.15, -0.1) is 0 Å². The van der Waals surface area contributed by atoms with Gasteiger partial charge >= 0.3 is 0 Å². The van der Waals surface area contributed by atoms with Crippen LogP contribution in [0.5, 0.6) is 0 Å². The number of benzene rings is 1. The third kappa shape index (κ3) is 18.5. The summed E-state index contributed by atoms with van der Waals surface area (Å²) >= 11 is 0. The molecule has 4 nitrogen and oxygen atoms in total. The number of hydrogen-bond acceptors (Lipinski definition) is 4. The van der Waals surface area contributed by atoms with Gasteiger partial charge < -0.3 is 21.1 Å². The second-order valence-electron chi connectivity index (χ2n) is 9.45. The fourth-order valence-corrected chi connectivity index (χ4v) is 4.01. The van der Waals surface area contributed by atoms with E-state index in [-0.39, 0.29) is 6.10 Å². The normalized spacial score (nSPS) is 12.2. The van der Waals surface area contributed by atoms with E-state index in [9.17, 15) is 5.11 Å². The molecule has 32 heavy (non-hydrogen) atoms. The van der Waals surface area contributed by atoms with E-state index in [4.69, 9.17) is 0 Å². The molecular formula is C28H53N3O. The molecule has 0 amide bonds. The van der Waals surface area contributed by atoms with E-state index in [0.717, 1.165) is 26.2 Å². The lowest BCUT2D eigenvalue weighted by molar-refractivity contribution is 0.191. The Morgan fingerprint density at radius 3 is 1.69 bits per heavy atom. The Kier molecular flexibility index (Phi) is 19.6. The standard InChI is InChI=1S/C28H53N3O/c1-3-4-5-6-7-8-9-10-11-12-13-14-15-16-21-31-28-19-17-27(18-20-28)25-30-23-22-29-24-26(2)32/h17-20,26,29-32H,3-16,21-25H2,1-2H3/t26-/m1/s1. The van der Waals surface area contributed by atoms with E-state index in [1.54, 1.807) is 6.92 Å². The minimum Gasteiger partial charge on any atom is -0.392 e. The Morgan fingerprint density at radius 1 is 0.656 bits per heavy atom. The highest BCUT2D eigenvalue weighted by atomic mass is 16.3. The van der Waals surface area contributed by atoms with Crippen molar-refractivity contribution in [2.24, 2.45) is 0 Å². The molecule has 4 N–H and O–H groups in total. The van der Waals surface area contributed by atoms with Crippen molar-refractivity contribution >= 4 is 5.69 Å². The number of anilines is 1. The third-order valence-corrected chi connectivity index (χ3v) is 6.06. The van der Waals surface area contributed by atoms with E-state index in [0.29, 0.717) is 6.54 Å². The second-order valence-corrected chi connectivity index (χ2v) is 9.45. The first kappa shape index (κ1) is 28.9. The molecule has 0 aromatic heterocycles. The zero-order valence-electron chi connectivity index (χ0n) is 21.3. The van der Waals surface area contributed by atoms with Crippen molar-refractivity contribution in [1.82, 2.24) is 10.6 Å². The first-order valence-corrected chi connectivity index (χ1v) is 13.6. The lowest BCUT2D eigenvalue weighted by Gasteiger charge is -2.10. The fourth-order valence-electron chi connectivity index (χ4n) is 4.01. The van der Waals surface area contributed by atoms with Crippen LogP contribution in [0.25, 0.3) is 0 Å². The lowest BCUT2D eigenvalue weighted by Crippen LogP contribution is -2.31. The van der Waals surface area contributed by atoms with Crippen molar-refractivity contribution in [3.05, 3.63) is 29.8 Å². The maximum absolute atomic E-state index is 9.21. The smallest absolute Gasteiger partial charge is 0.0636 e. The van der Waals surface area contributed by atoms with Crippen molar-refractivity contribution in [1.29, 1.82) is 0 Å². The van der Waals surface area contributed by atoms with Crippen LogP contribution >= 0.6 is 0 Å². The van der Waals surface area contributed by atoms with E-state index in [1.807, 2.05) is 0 Å². The number of aliphatic hydroxyl groups is 1. The quantitative estimate of drug-likeness (QED) is 0.142. The van der Waals surface area contributed by atoms with Crippen LogP contribution in [0.3, 0.4) is 0 Å². The molecule has 1 aromatic rings. The largest absolute Gasteiger partial charge is 0.392 e. The van der Waals surface area contributed by atoms with Gasteiger partial charge in [0.05, 0.1) is 6.10 Å². The van der Waals surface area contributed by atoms with Crippen molar-refractivity contribution in [3.63, 3.8) is 0 Å². The zero-order valence-corrected chi connectivity index (χ0v) is 21.3. The molecule has 0 radical (unpaired) electrons. The van der Waals surface area contributed by atoms with E-state index in [2.05, 4.69) is 47.1 Å². The Morgan fingerprint density at radius 2 is 1.16 bits per heavy atom. The Hall–Kier alpha value is -1.10. The molecule has 186 valence electrons. The topological polar surface area (TPSA) is 56.3 Å². The zero-order chi connectivity index (χ0) is 23.1. The van der Waals surface area contributed by atoms with Crippen LogP contribution in [0.2, 0.25) is 0 Å². The van der Waals surface area contributed by atoms with Gasteiger partial charge in [-0.3, -0.25) is 0 Å². The fraction of sp³-hybridized carbons (Fsp3) is 0.786. The molecular weight excluding hydrogens is 394 g/mol. The molecule has 0 heterocycles. The molecule has 0 aliphatic heterocycles. The highest BCUT2D eigenvalue weighted by Crippen LogP contribution is 2.13. The van der Waals surface area contributed by atoms with Crippen LogP contribution < -0.4 is 16.0 Å². The molecule has 1 rings (SSSR count). The Balaban J connectivity index is 1.87. The molecule has 0 unspecified atom stereocenters. The monoisotopic (exact) mass is 447 g/mol. The molecule has 0 saturated carbocycles. The molecule has 4 heteroatoms. The van der Waals surface area contributed by atoms with Crippen molar-refractivity contribution in [3.8, 4) is 0 Å². The maximum atomic E-state index is 9.21. The Bertz CT molecular complexity index is 504. The van der Waals surface area contributed by atoms with Crippen LogP contribution in [0.15, 0.2) is 24.3 Å². The van der Waals surface area contributed by atoms with Gasteiger partial charge in [-0.05, 0) is 31.0 Å². The molecule has 0 spiro atoms. The average Bonchev–Trinajstić information content (AvgIpc) is 2.79. The molecule has 0 aliphatic rings. The van der Waals surface area contributed by atoms with Gasteiger partial charge in [0.15, 0.2) is 0 Å². The van der Waals surface area contributed by atoms with Crippen LogP contribution in [-0.2, 0) is 6.54 Å². The summed E-state index contributed by atoms with van der Waals surface area (Å²) in [6.45, 7) is 8.49. The van der Waals surface area contributed by atoms with Crippen molar-refractivity contribution in [2.75, 3.05) is 31.5 Å². The van der Waals surface area contributed by atoms with Crippen molar-refractivity contribution < 1.29 is 5.11 Å². The minimum absolute atomic E-state index is 0.278. The first-order chi connectivity index (χ1) is 15.7. The molecule has 0 fully saturated rings. The van der Waals surface area contributed by atoms with Crippen LogP contribution in [0.4, 0.5) is 5.69 Å². The summed E-state index contributed by atoms with van der Waals surface area (Å²) in [5.41, 5.74) is 2.53. The predicted octanol–water partition coefficient (Wildman–Crippen LogP) is 6.64. The summed E-state index contributed by atoms with van der Waals surface area (Å²) in [5, 5.41) is 19.4. The number of unbranched alkanes of at least 4 members (excludes halogenated alkanes) is 13. The molecule has 0 bridgehead atoms. The van der Waals surface area contributed by atoms with Crippen LogP contribution in [0.1, 0.15) is 109 Å².